The Bertz CT molecular complexity index is 147. The van der Waals surface area contributed by atoms with Crippen LogP contribution in [0.2, 0.25) is 0 Å². The van der Waals surface area contributed by atoms with Gasteiger partial charge in [-0.1, -0.05) is 13.3 Å². The summed E-state index contributed by atoms with van der Waals surface area (Å²) >= 11 is 0. The first-order valence-corrected chi connectivity index (χ1v) is 6.07. The number of hydrogen-bond donors (Lipinski definition) is 1. The third-order valence-corrected chi connectivity index (χ3v) is 3.29. The predicted octanol–water partition coefficient (Wildman–Crippen LogP) is 1.96. The van der Waals surface area contributed by atoms with Crippen LogP contribution in [-0.4, -0.2) is 38.6 Å². The van der Waals surface area contributed by atoms with Crippen LogP contribution < -0.4 is 5.32 Å². The Morgan fingerprint density at radius 3 is 2.57 bits per heavy atom. The molecule has 14 heavy (non-hydrogen) atoms. The molecule has 0 radical (unpaired) electrons. The van der Waals surface area contributed by atoms with Crippen molar-refractivity contribution in [3.05, 3.63) is 0 Å². The molecule has 0 bridgehead atoms. The molecule has 2 atom stereocenters. The number of nitrogens with one attached hydrogen (secondary N) is 1. The zero-order valence-electron chi connectivity index (χ0n) is 10.1. The molecule has 0 spiro atoms. The van der Waals surface area contributed by atoms with Crippen LogP contribution in [0.3, 0.4) is 0 Å². The second-order valence-corrected chi connectivity index (χ2v) is 4.90. The van der Waals surface area contributed by atoms with E-state index in [1.54, 1.807) is 0 Å². The normalized spacial score (nSPS) is 25.7. The highest BCUT2D eigenvalue weighted by molar-refractivity contribution is 4.84. The first-order valence-electron chi connectivity index (χ1n) is 6.07. The van der Waals surface area contributed by atoms with E-state index in [9.17, 15) is 0 Å². The second kappa shape index (κ2) is 6.41. The van der Waals surface area contributed by atoms with Crippen molar-refractivity contribution in [2.24, 2.45) is 11.8 Å². The van der Waals surface area contributed by atoms with Crippen molar-refractivity contribution in [3.63, 3.8) is 0 Å². The van der Waals surface area contributed by atoms with Crippen LogP contribution in [0.25, 0.3) is 0 Å². The topological polar surface area (TPSA) is 15.3 Å². The molecule has 0 aromatic carbocycles. The molecule has 1 fully saturated rings. The molecule has 0 heterocycles. The predicted molar refractivity (Wildman–Crippen MR) is 62.5 cm³/mol. The van der Waals surface area contributed by atoms with Crippen molar-refractivity contribution in [2.45, 2.75) is 32.6 Å². The maximum atomic E-state index is 3.19. The molecular weight excluding hydrogens is 172 g/mol. The number of unbranched alkanes of at least 4 members (excludes halogenated alkanes) is 2. The summed E-state index contributed by atoms with van der Waals surface area (Å²) in [5, 5.41) is 3.19. The van der Waals surface area contributed by atoms with E-state index in [-0.39, 0.29) is 0 Å². The van der Waals surface area contributed by atoms with Gasteiger partial charge in [0.05, 0.1) is 0 Å². The van der Waals surface area contributed by atoms with E-state index in [1.165, 1.54) is 45.3 Å². The fourth-order valence-electron chi connectivity index (χ4n) is 2.01. The monoisotopic (exact) mass is 198 g/mol. The molecular formula is C12H26N2. The summed E-state index contributed by atoms with van der Waals surface area (Å²) in [5.41, 5.74) is 0. The van der Waals surface area contributed by atoms with Crippen LogP contribution in [0, 0.1) is 11.8 Å². The van der Waals surface area contributed by atoms with Gasteiger partial charge in [0.25, 0.3) is 0 Å². The smallest absolute Gasteiger partial charge is 0.000926 e. The van der Waals surface area contributed by atoms with Crippen molar-refractivity contribution in [1.82, 2.24) is 10.2 Å². The minimum atomic E-state index is 1.00. The molecule has 0 aromatic rings. The Morgan fingerprint density at radius 2 is 2.00 bits per heavy atom. The molecule has 2 nitrogen and oxygen atoms in total. The molecule has 1 N–H and O–H groups in total. The van der Waals surface area contributed by atoms with Gasteiger partial charge in [-0.2, -0.15) is 0 Å². The Morgan fingerprint density at radius 1 is 1.29 bits per heavy atom. The SMILES string of the molecule is CNCCCCCN(C)CC1CC1C. The number of hydrogen-bond acceptors (Lipinski definition) is 2. The molecule has 1 saturated carbocycles. The lowest BCUT2D eigenvalue weighted by Crippen LogP contribution is -2.22. The summed E-state index contributed by atoms with van der Waals surface area (Å²) in [4.78, 5) is 2.51. The second-order valence-electron chi connectivity index (χ2n) is 4.90. The molecule has 84 valence electrons. The molecule has 0 aliphatic heterocycles. The van der Waals surface area contributed by atoms with E-state index in [4.69, 9.17) is 0 Å². The Balaban J connectivity index is 1.85. The molecule has 1 rings (SSSR count). The van der Waals surface area contributed by atoms with E-state index in [0.717, 1.165) is 11.8 Å². The lowest BCUT2D eigenvalue weighted by molar-refractivity contribution is 0.306. The van der Waals surface area contributed by atoms with E-state index in [0.29, 0.717) is 0 Å². The van der Waals surface area contributed by atoms with Gasteiger partial charge in [-0.3, -0.25) is 0 Å². The summed E-state index contributed by atoms with van der Waals surface area (Å²) in [6, 6.07) is 0. The van der Waals surface area contributed by atoms with Crippen LogP contribution >= 0.6 is 0 Å². The molecule has 0 saturated heterocycles. The van der Waals surface area contributed by atoms with E-state index in [1.807, 2.05) is 7.05 Å². The standard InChI is InChI=1S/C12H26N2/c1-11-9-12(11)10-14(3)8-6-4-5-7-13-2/h11-13H,4-10H2,1-3H3. The molecule has 1 aliphatic carbocycles. The minimum absolute atomic E-state index is 1.00. The van der Waals surface area contributed by atoms with Crippen LogP contribution in [0.4, 0.5) is 0 Å². The third kappa shape index (κ3) is 4.97. The summed E-state index contributed by atoms with van der Waals surface area (Å²) < 4.78 is 0. The molecule has 0 aromatic heterocycles. The lowest BCUT2D eigenvalue weighted by Gasteiger charge is -2.16. The Kier molecular flexibility index (Phi) is 5.49. The number of nitrogens with zero attached hydrogens (tertiary/aromatic N) is 1. The average molecular weight is 198 g/mol. The van der Waals surface area contributed by atoms with Crippen LogP contribution in [0.5, 0.6) is 0 Å². The van der Waals surface area contributed by atoms with Crippen LogP contribution in [0.1, 0.15) is 32.6 Å². The van der Waals surface area contributed by atoms with Gasteiger partial charge in [0.2, 0.25) is 0 Å². The van der Waals surface area contributed by atoms with Crippen molar-refractivity contribution >= 4 is 0 Å². The van der Waals surface area contributed by atoms with Crippen molar-refractivity contribution in [1.29, 1.82) is 0 Å². The van der Waals surface area contributed by atoms with E-state index >= 15 is 0 Å². The van der Waals surface area contributed by atoms with E-state index < -0.39 is 0 Å². The van der Waals surface area contributed by atoms with E-state index in [2.05, 4.69) is 24.2 Å². The number of rotatable bonds is 8. The average Bonchev–Trinajstić information content (AvgIpc) is 2.81. The van der Waals surface area contributed by atoms with Gasteiger partial charge in [0.1, 0.15) is 0 Å². The zero-order chi connectivity index (χ0) is 10.4. The third-order valence-electron chi connectivity index (χ3n) is 3.29. The maximum Gasteiger partial charge on any atom is 0.000926 e. The van der Waals surface area contributed by atoms with Gasteiger partial charge in [-0.25, -0.2) is 0 Å². The van der Waals surface area contributed by atoms with Crippen LogP contribution in [0.15, 0.2) is 0 Å². The first kappa shape index (κ1) is 12.0. The quantitative estimate of drug-likeness (QED) is 0.600. The first-order chi connectivity index (χ1) is 6.74. The largest absolute Gasteiger partial charge is 0.320 e. The Hall–Kier alpha value is -0.0800. The molecule has 2 heteroatoms. The minimum Gasteiger partial charge on any atom is -0.320 e. The fraction of sp³-hybridized carbons (Fsp3) is 1.00. The van der Waals surface area contributed by atoms with Gasteiger partial charge in [-0.15, -0.1) is 0 Å². The molecule has 0 amide bonds. The summed E-state index contributed by atoms with van der Waals surface area (Å²) in [7, 11) is 4.30. The van der Waals surface area contributed by atoms with Gasteiger partial charge in [0, 0.05) is 6.54 Å². The van der Waals surface area contributed by atoms with Crippen molar-refractivity contribution in [3.8, 4) is 0 Å². The van der Waals surface area contributed by atoms with Crippen LogP contribution in [-0.2, 0) is 0 Å². The van der Waals surface area contributed by atoms with Gasteiger partial charge >= 0.3 is 0 Å². The van der Waals surface area contributed by atoms with Gasteiger partial charge in [0.15, 0.2) is 0 Å². The van der Waals surface area contributed by atoms with Gasteiger partial charge in [-0.05, 0) is 58.3 Å². The summed E-state index contributed by atoms with van der Waals surface area (Å²) in [6.07, 6.45) is 5.51. The highest BCUT2D eigenvalue weighted by atomic mass is 15.1. The highest BCUT2D eigenvalue weighted by Gasteiger charge is 2.32. The fourth-order valence-corrected chi connectivity index (χ4v) is 2.01. The maximum absolute atomic E-state index is 3.19. The van der Waals surface area contributed by atoms with Crippen molar-refractivity contribution in [2.75, 3.05) is 33.7 Å². The summed E-state index contributed by atoms with van der Waals surface area (Å²) in [6.45, 7) is 6.15. The molecule has 2 unspecified atom stereocenters. The lowest BCUT2D eigenvalue weighted by atomic mass is 10.2. The van der Waals surface area contributed by atoms with Gasteiger partial charge < -0.3 is 10.2 Å². The highest BCUT2D eigenvalue weighted by Crippen LogP contribution is 2.37. The van der Waals surface area contributed by atoms with Crippen molar-refractivity contribution < 1.29 is 0 Å². The zero-order valence-corrected chi connectivity index (χ0v) is 10.1. The summed E-state index contributed by atoms with van der Waals surface area (Å²) in [5.74, 6) is 2.01. The Labute approximate surface area is 89.1 Å². The molecule has 1 aliphatic rings.